The van der Waals surface area contributed by atoms with E-state index in [0.717, 1.165) is 0 Å². The van der Waals surface area contributed by atoms with Crippen molar-refractivity contribution < 1.29 is 0 Å². The molecule has 6 nitrogen and oxygen atoms in total. The molecule has 0 atom stereocenters. The second-order valence-corrected chi connectivity index (χ2v) is 4.19. The lowest BCUT2D eigenvalue weighted by atomic mass is 10.1. The Labute approximate surface area is 114 Å². The molecule has 0 spiro atoms. The van der Waals surface area contributed by atoms with Crippen LogP contribution < -0.4 is 11.3 Å². The summed E-state index contributed by atoms with van der Waals surface area (Å²) in [7, 11) is 0. The SMILES string of the molecule is Nc1ccc(-c2nnc(-c3ccccn3)[nH]c2=O)cc1. The van der Waals surface area contributed by atoms with Crippen molar-refractivity contribution in [1.29, 1.82) is 0 Å². The molecule has 0 amide bonds. The van der Waals surface area contributed by atoms with Crippen molar-refractivity contribution in [2.24, 2.45) is 0 Å². The van der Waals surface area contributed by atoms with E-state index in [0.29, 0.717) is 22.8 Å². The summed E-state index contributed by atoms with van der Waals surface area (Å²) in [4.78, 5) is 18.9. The van der Waals surface area contributed by atoms with E-state index >= 15 is 0 Å². The second-order valence-electron chi connectivity index (χ2n) is 4.19. The lowest BCUT2D eigenvalue weighted by Gasteiger charge is -2.02. The third-order valence-electron chi connectivity index (χ3n) is 2.79. The summed E-state index contributed by atoms with van der Waals surface area (Å²) in [5, 5.41) is 7.99. The Morgan fingerprint density at radius 3 is 2.45 bits per heavy atom. The van der Waals surface area contributed by atoms with Crippen molar-refractivity contribution in [2.75, 3.05) is 5.73 Å². The molecule has 3 aromatic rings. The van der Waals surface area contributed by atoms with E-state index in [9.17, 15) is 4.79 Å². The van der Waals surface area contributed by atoms with Crippen LogP contribution in [0.15, 0.2) is 53.5 Å². The third kappa shape index (κ3) is 2.26. The molecule has 1 aromatic carbocycles. The van der Waals surface area contributed by atoms with Gasteiger partial charge in [0.2, 0.25) is 0 Å². The predicted octanol–water partition coefficient (Wildman–Crippen LogP) is 1.48. The fourth-order valence-corrected chi connectivity index (χ4v) is 1.79. The highest BCUT2D eigenvalue weighted by Gasteiger charge is 2.09. The summed E-state index contributed by atoms with van der Waals surface area (Å²) in [5.74, 6) is 0.342. The van der Waals surface area contributed by atoms with E-state index in [1.807, 2.05) is 6.07 Å². The van der Waals surface area contributed by atoms with Crippen molar-refractivity contribution in [3.05, 3.63) is 59.0 Å². The number of nitrogens with one attached hydrogen (secondary N) is 1. The van der Waals surface area contributed by atoms with Crippen molar-refractivity contribution in [3.63, 3.8) is 0 Å². The largest absolute Gasteiger partial charge is 0.399 e. The number of hydrogen-bond acceptors (Lipinski definition) is 5. The van der Waals surface area contributed by atoms with Gasteiger partial charge in [-0.25, -0.2) is 0 Å². The number of rotatable bonds is 2. The van der Waals surface area contributed by atoms with Gasteiger partial charge in [-0.05, 0) is 24.3 Å². The summed E-state index contributed by atoms with van der Waals surface area (Å²) >= 11 is 0. The molecule has 0 aliphatic heterocycles. The van der Waals surface area contributed by atoms with Gasteiger partial charge in [-0.2, -0.15) is 0 Å². The number of aromatic nitrogens is 4. The van der Waals surface area contributed by atoms with Gasteiger partial charge in [-0.15, -0.1) is 10.2 Å². The zero-order valence-electron chi connectivity index (χ0n) is 10.4. The number of nitrogens with zero attached hydrogens (tertiary/aromatic N) is 3. The molecule has 3 N–H and O–H groups in total. The number of anilines is 1. The molecule has 0 radical (unpaired) electrons. The lowest BCUT2D eigenvalue weighted by molar-refractivity contribution is 0.954. The first kappa shape index (κ1) is 12.0. The Bertz CT molecular complexity index is 781. The van der Waals surface area contributed by atoms with Gasteiger partial charge in [0.1, 0.15) is 5.69 Å². The fraction of sp³-hybridized carbons (Fsp3) is 0. The molecule has 0 aliphatic carbocycles. The zero-order valence-corrected chi connectivity index (χ0v) is 10.4. The van der Waals surface area contributed by atoms with E-state index in [1.54, 1.807) is 42.6 Å². The van der Waals surface area contributed by atoms with Crippen LogP contribution in [0.4, 0.5) is 5.69 Å². The molecule has 6 heteroatoms. The molecular formula is C14H11N5O. The van der Waals surface area contributed by atoms with E-state index in [4.69, 9.17) is 5.73 Å². The normalized spacial score (nSPS) is 10.4. The summed E-state index contributed by atoms with van der Waals surface area (Å²) in [6.07, 6.45) is 1.63. The molecule has 2 aromatic heterocycles. The van der Waals surface area contributed by atoms with Crippen LogP contribution in [0.2, 0.25) is 0 Å². The average molecular weight is 265 g/mol. The number of nitrogen functional groups attached to an aromatic ring is 1. The fourth-order valence-electron chi connectivity index (χ4n) is 1.79. The second kappa shape index (κ2) is 4.93. The molecule has 0 saturated heterocycles. The van der Waals surface area contributed by atoms with Gasteiger partial charge < -0.3 is 10.7 Å². The smallest absolute Gasteiger partial charge is 0.278 e. The van der Waals surface area contributed by atoms with Crippen LogP contribution in [0.5, 0.6) is 0 Å². The quantitative estimate of drug-likeness (QED) is 0.684. The van der Waals surface area contributed by atoms with Gasteiger partial charge in [0, 0.05) is 17.4 Å². The van der Waals surface area contributed by atoms with Crippen LogP contribution in [-0.2, 0) is 0 Å². The van der Waals surface area contributed by atoms with Crippen LogP contribution in [0.3, 0.4) is 0 Å². The first-order chi connectivity index (χ1) is 9.74. The molecule has 20 heavy (non-hydrogen) atoms. The summed E-state index contributed by atoms with van der Waals surface area (Å²) in [6.45, 7) is 0. The highest BCUT2D eigenvalue weighted by atomic mass is 16.1. The van der Waals surface area contributed by atoms with E-state index < -0.39 is 0 Å². The van der Waals surface area contributed by atoms with Crippen LogP contribution >= 0.6 is 0 Å². The number of nitrogens with two attached hydrogens (primary N) is 1. The Morgan fingerprint density at radius 1 is 1.00 bits per heavy atom. The van der Waals surface area contributed by atoms with Crippen LogP contribution in [0.25, 0.3) is 22.8 Å². The van der Waals surface area contributed by atoms with Gasteiger partial charge in [0.15, 0.2) is 11.5 Å². The van der Waals surface area contributed by atoms with Crippen LogP contribution in [-0.4, -0.2) is 20.2 Å². The van der Waals surface area contributed by atoms with Crippen LogP contribution in [0, 0.1) is 0 Å². The Morgan fingerprint density at radius 2 is 1.80 bits per heavy atom. The number of hydrogen-bond donors (Lipinski definition) is 2. The van der Waals surface area contributed by atoms with Crippen molar-refractivity contribution in [3.8, 4) is 22.8 Å². The van der Waals surface area contributed by atoms with E-state index in [2.05, 4.69) is 20.2 Å². The standard InChI is InChI=1S/C14H11N5O/c15-10-6-4-9(5-7-10)12-14(20)17-13(19-18-12)11-3-1-2-8-16-11/h1-8H,15H2,(H,17,19,20). The average Bonchev–Trinajstić information content (AvgIpc) is 2.49. The lowest BCUT2D eigenvalue weighted by Crippen LogP contribution is -2.14. The zero-order chi connectivity index (χ0) is 13.9. The summed E-state index contributed by atoms with van der Waals surface area (Å²) in [5.41, 5.74) is 7.42. The highest BCUT2D eigenvalue weighted by molar-refractivity contribution is 5.61. The molecule has 2 heterocycles. The van der Waals surface area contributed by atoms with Crippen molar-refractivity contribution >= 4 is 5.69 Å². The Kier molecular flexibility index (Phi) is 2.96. The Balaban J connectivity index is 2.04. The molecule has 0 fully saturated rings. The monoisotopic (exact) mass is 265 g/mol. The number of pyridine rings is 1. The molecule has 98 valence electrons. The highest BCUT2D eigenvalue weighted by Crippen LogP contribution is 2.15. The number of aromatic amines is 1. The molecule has 3 rings (SSSR count). The van der Waals surface area contributed by atoms with Crippen LogP contribution in [0.1, 0.15) is 0 Å². The minimum absolute atomic E-state index is 0.254. The minimum atomic E-state index is -0.314. The maximum absolute atomic E-state index is 12.1. The molecule has 0 bridgehead atoms. The van der Waals surface area contributed by atoms with Crippen molar-refractivity contribution in [2.45, 2.75) is 0 Å². The van der Waals surface area contributed by atoms with Gasteiger partial charge in [-0.1, -0.05) is 18.2 Å². The third-order valence-corrected chi connectivity index (χ3v) is 2.79. The van der Waals surface area contributed by atoms with E-state index in [1.165, 1.54) is 0 Å². The number of benzene rings is 1. The van der Waals surface area contributed by atoms with Gasteiger partial charge >= 0.3 is 0 Å². The molecule has 0 saturated carbocycles. The number of H-pyrrole nitrogens is 1. The van der Waals surface area contributed by atoms with Crippen molar-refractivity contribution in [1.82, 2.24) is 20.2 Å². The van der Waals surface area contributed by atoms with E-state index in [-0.39, 0.29) is 11.3 Å². The maximum atomic E-state index is 12.1. The van der Waals surface area contributed by atoms with Gasteiger partial charge in [0.05, 0.1) is 0 Å². The van der Waals surface area contributed by atoms with Gasteiger partial charge in [-0.3, -0.25) is 9.78 Å². The predicted molar refractivity (Wildman–Crippen MR) is 75.7 cm³/mol. The Hall–Kier alpha value is -3.02. The summed E-state index contributed by atoms with van der Waals surface area (Å²) in [6, 6.07) is 12.2. The van der Waals surface area contributed by atoms with Gasteiger partial charge in [0.25, 0.3) is 5.56 Å². The first-order valence-electron chi connectivity index (χ1n) is 5.98. The minimum Gasteiger partial charge on any atom is -0.399 e. The maximum Gasteiger partial charge on any atom is 0.278 e. The first-order valence-corrected chi connectivity index (χ1v) is 5.98. The molecule has 0 aliphatic rings. The molecule has 0 unspecified atom stereocenters. The molecular weight excluding hydrogens is 254 g/mol. The summed E-state index contributed by atoms with van der Waals surface area (Å²) < 4.78 is 0. The topological polar surface area (TPSA) is 97.5 Å².